The van der Waals surface area contributed by atoms with Crippen LogP contribution in [0.1, 0.15) is 78.6 Å². The number of rotatable bonds is 12. The molecular formula is C17H35AsO2. The third-order valence-corrected chi connectivity index (χ3v) is 7.58. The molecule has 0 aromatic rings. The van der Waals surface area contributed by atoms with Crippen LogP contribution in [0.5, 0.6) is 0 Å². The molecule has 0 rings (SSSR count). The van der Waals surface area contributed by atoms with Gasteiger partial charge in [0.25, 0.3) is 0 Å². The number of carbonyl (C=O) groups excluding carboxylic acids is 1. The zero-order valence-corrected chi connectivity index (χ0v) is 16.2. The normalized spacial score (nSPS) is 14.3. The maximum atomic E-state index is 12.1. The minimum atomic E-state index is -0.986. The first kappa shape index (κ1) is 20.0. The summed E-state index contributed by atoms with van der Waals surface area (Å²) in [7, 11) is 0. The molecule has 0 saturated carbocycles. The molecule has 0 spiro atoms. The van der Waals surface area contributed by atoms with Crippen molar-refractivity contribution in [3.05, 3.63) is 0 Å². The fourth-order valence-electron chi connectivity index (χ4n) is 2.21. The standard InChI is InChI=1S/C17H35AsO2/c1-6-8-9-10-11-12-14-16(13-7-2)20-17(19)15(3)18(4)5/h15-16H,6-14H2,1-5H3. The molecule has 0 saturated heterocycles. The summed E-state index contributed by atoms with van der Waals surface area (Å²) in [6, 6.07) is 0. The van der Waals surface area contributed by atoms with Crippen molar-refractivity contribution in [3.8, 4) is 0 Å². The van der Waals surface area contributed by atoms with Gasteiger partial charge in [0.05, 0.1) is 0 Å². The SMILES string of the molecule is CCCCCCCCC(CCC)OC(=O)C(C)[As](C)C. The van der Waals surface area contributed by atoms with E-state index in [0.29, 0.717) is 0 Å². The first-order valence-electron chi connectivity index (χ1n) is 8.39. The van der Waals surface area contributed by atoms with Gasteiger partial charge in [-0.25, -0.2) is 0 Å². The fraction of sp³-hybridized carbons (Fsp3) is 0.941. The van der Waals surface area contributed by atoms with Crippen LogP contribution in [0, 0.1) is 0 Å². The van der Waals surface area contributed by atoms with Crippen LogP contribution in [-0.4, -0.2) is 26.7 Å². The van der Waals surface area contributed by atoms with Gasteiger partial charge in [-0.3, -0.25) is 0 Å². The van der Waals surface area contributed by atoms with Gasteiger partial charge in [-0.1, -0.05) is 0 Å². The topological polar surface area (TPSA) is 26.3 Å². The predicted octanol–water partition coefficient (Wildman–Crippen LogP) is 5.59. The van der Waals surface area contributed by atoms with E-state index >= 15 is 0 Å². The van der Waals surface area contributed by atoms with Gasteiger partial charge < -0.3 is 0 Å². The third kappa shape index (κ3) is 9.86. The molecule has 0 aliphatic rings. The van der Waals surface area contributed by atoms with E-state index in [1.165, 1.54) is 38.5 Å². The minimum absolute atomic E-state index is 0.0550. The number of esters is 1. The van der Waals surface area contributed by atoms with Gasteiger partial charge in [0.2, 0.25) is 0 Å². The van der Waals surface area contributed by atoms with E-state index in [1.54, 1.807) is 0 Å². The number of hydrogen-bond donors (Lipinski definition) is 0. The van der Waals surface area contributed by atoms with Crippen LogP contribution < -0.4 is 0 Å². The van der Waals surface area contributed by atoms with Gasteiger partial charge in [0.15, 0.2) is 0 Å². The van der Waals surface area contributed by atoms with Gasteiger partial charge in [-0.05, 0) is 0 Å². The Bertz CT molecular complexity index is 241. The van der Waals surface area contributed by atoms with Crippen molar-refractivity contribution < 1.29 is 9.53 Å². The molecule has 2 nitrogen and oxygen atoms in total. The quantitative estimate of drug-likeness (QED) is 0.261. The summed E-state index contributed by atoms with van der Waals surface area (Å²) in [6.45, 7) is 6.45. The van der Waals surface area contributed by atoms with Gasteiger partial charge in [-0.15, -0.1) is 0 Å². The zero-order valence-electron chi connectivity index (χ0n) is 14.3. The van der Waals surface area contributed by atoms with Gasteiger partial charge in [-0.2, -0.15) is 0 Å². The van der Waals surface area contributed by atoms with Crippen molar-refractivity contribution in [3.63, 3.8) is 0 Å². The summed E-state index contributed by atoms with van der Waals surface area (Å²) in [6.07, 6.45) is 11.2. The van der Waals surface area contributed by atoms with E-state index in [0.717, 1.165) is 19.3 Å². The van der Waals surface area contributed by atoms with Gasteiger partial charge in [0.1, 0.15) is 0 Å². The molecule has 0 aliphatic carbocycles. The van der Waals surface area contributed by atoms with Crippen LogP contribution >= 0.6 is 0 Å². The number of hydrogen-bond acceptors (Lipinski definition) is 2. The van der Waals surface area contributed by atoms with Gasteiger partial charge >= 0.3 is 131 Å². The predicted molar refractivity (Wildman–Crippen MR) is 89.7 cm³/mol. The van der Waals surface area contributed by atoms with E-state index in [9.17, 15) is 4.79 Å². The molecule has 2 unspecified atom stereocenters. The molecule has 3 heteroatoms. The Balaban J connectivity index is 3.94. The molecule has 20 heavy (non-hydrogen) atoms. The van der Waals surface area contributed by atoms with Crippen molar-refractivity contribution in [1.82, 2.24) is 0 Å². The van der Waals surface area contributed by atoms with Crippen molar-refractivity contribution in [2.75, 3.05) is 0 Å². The monoisotopic (exact) mass is 346 g/mol. The molecule has 0 aliphatic heterocycles. The molecular weight excluding hydrogens is 311 g/mol. The molecule has 0 radical (unpaired) electrons. The van der Waals surface area contributed by atoms with E-state index in [4.69, 9.17) is 4.74 Å². The summed E-state index contributed by atoms with van der Waals surface area (Å²) < 4.78 is 5.90. The molecule has 2 atom stereocenters. The Morgan fingerprint density at radius 3 is 2.10 bits per heavy atom. The van der Waals surface area contributed by atoms with E-state index < -0.39 is 14.7 Å². The molecule has 0 heterocycles. The van der Waals surface area contributed by atoms with Crippen LogP contribution in [0.25, 0.3) is 0 Å². The molecule has 0 bridgehead atoms. The van der Waals surface area contributed by atoms with E-state index in [2.05, 4.69) is 25.3 Å². The van der Waals surface area contributed by atoms with Crippen LogP contribution in [0.2, 0.25) is 16.1 Å². The van der Waals surface area contributed by atoms with Crippen molar-refractivity contribution in [2.24, 2.45) is 0 Å². The molecule has 120 valence electrons. The Kier molecular flexibility index (Phi) is 12.8. The van der Waals surface area contributed by atoms with Crippen molar-refractivity contribution in [2.45, 2.75) is 101 Å². The maximum absolute atomic E-state index is 12.1. The molecule has 0 fully saturated rings. The zero-order chi connectivity index (χ0) is 15.4. The summed E-state index contributed by atoms with van der Waals surface area (Å²) in [5, 5.41) is 0. The van der Waals surface area contributed by atoms with Crippen LogP contribution in [0.4, 0.5) is 0 Å². The average Bonchev–Trinajstić information content (AvgIpc) is 2.41. The van der Waals surface area contributed by atoms with Crippen molar-refractivity contribution >= 4 is 20.6 Å². The summed E-state index contributed by atoms with van der Waals surface area (Å²) in [5.74, 6) is 0.0550. The first-order chi connectivity index (χ1) is 9.52. The first-order valence-corrected chi connectivity index (χ1v) is 13.2. The molecule has 0 N–H and O–H groups in total. The fourth-order valence-corrected chi connectivity index (χ4v) is 3.22. The second kappa shape index (κ2) is 12.7. The van der Waals surface area contributed by atoms with E-state index in [-0.39, 0.29) is 16.8 Å². The van der Waals surface area contributed by atoms with Crippen molar-refractivity contribution in [1.29, 1.82) is 0 Å². The number of unbranched alkanes of at least 4 members (excludes halogenated alkanes) is 5. The summed E-state index contributed by atoms with van der Waals surface area (Å²) in [4.78, 5) is 12.1. The number of carbonyl (C=O) groups is 1. The molecule has 0 amide bonds. The Labute approximate surface area is 131 Å². The third-order valence-electron chi connectivity index (χ3n) is 3.89. The second-order valence-electron chi connectivity index (χ2n) is 6.04. The Morgan fingerprint density at radius 2 is 1.55 bits per heavy atom. The Morgan fingerprint density at radius 1 is 0.950 bits per heavy atom. The summed E-state index contributed by atoms with van der Waals surface area (Å²) >= 11 is -0.986. The van der Waals surface area contributed by atoms with Crippen LogP contribution in [0.3, 0.4) is 0 Å². The number of ether oxygens (including phenoxy) is 1. The Hall–Kier alpha value is 0.0284. The average molecular weight is 346 g/mol. The molecule has 0 aromatic carbocycles. The van der Waals surface area contributed by atoms with E-state index in [1.807, 2.05) is 6.92 Å². The van der Waals surface area contributed by atoms with Crippen LogP contribution in [0.15, 0.2) is 0 Å². The molecule has 0 aromatic heterocycles. The van der Waals surface area contributed by atoms with Gasteiger partial charge in [0, 0.05) is 0 Å². The second-order valence-corrected chi connectivity index (χ2v) is 11.7. The summed E-state index contributed by atoms with van der Waals surface area (Å²) in [5.41, 5.74) is 4.45. The van der Waals surface area contributed by atoms with Crippen LogP contribution in [-0.2, 0) is 9.53 Å².